The lowest BCUT2D eigenvalue weighted by atomic mass is 9.75. The van der Waals surface area contributed by atoms with Crippen molar-refractivity contribution in [3.63, 3.8) is 0 Å². The van der Waals surface area contributed by atoms with E-state index < -0.39 is 13.1 Å². The molecule has 3 aromatic rings. The summed E-state index contributed by atoms with van der Waals surface area (Å²) in [4.78, 5) is 23.8. The molecule has 0 fully saturated rings. The summed E-state index contributed by atoms with van der Waals surface area (Å²) in [5.41, 5.74) is 2.65. The van der Waals surface area contributed by atoms with E-state index in [1.807, 2.05) is 24.3 Å². The summed E-state index contributed by atoms with van der Waals surface area (Å²) in [5.74, 6) is -1.52. The van der Waals surface area contributed by atoms with Gasteiger partial charge in [-0.05, 0) is 29.7 Å². The number of fused-ring (bicyclic) bond motifs is 1. The van der Waals surface area contributed by atoms with Crippen LogP contribution in [-0.2, 0) is 22.4 Å². The van der Waals surface area contributed by atoms with Gasteiger partial charge in [0.2, 0.25) is 11.8 Å². The van der Waals surface area contributed by atoms with Crippen molar-refractivity contribution in [1.29, 1.82) is 0 Å². The molecule has 2 aromatic carbocycles. The lowest BCUT2D eigenvalue weighted by Crippen LogP contribution is -2.48. The maximum absolute atomic E-state index is 12.5. The second-order valence-corrected chi connectivity index (χ2v) is 6.56. The number of nitrogens with one attached hydrogen (secondary N) is 2. The molecule has 1 unspecified atom stereocenters. The number of benzene rings is 2. The van der Waals surface area contributed by atoms with E-state index >= 15 is 0 Å². The SMILES string of the molecule is CC(=O)Nc1ccccc1CC(=O)NC(Cc1coc2ccccc12)B(O)O. The minimum absolute atomic E-state index is 0.00813. The average molecular weight is 380 g/mol. The van der Waals surface area contributed by atoms with Crippen LogP contribution in [0.2, 0.25) is 0 Å². The second kappa shape index (κ2) is 8.73. The summed E-state index contributed by atoms with van der Waals surface area (Å²) in [6, 6.07) is 14.4. The Kier molecular flexibility index (Phi) is 6.13. The maximum Gasteiger partial charge on any atom is 0.475 e. The molecule has 0 saturated heterocycles. The van der Waals surface area contributed by atoms with Gasteiger partial charge in [0.15, 0.2) is 0 Å². The minimum Gasteiger partial charge on any atom is -0.464 e. The summed E-state index contributed by atoms with van der Waals surface area (Å²) in [6.07, 6.45) is 1.75. The molecule has 0 aliphatic carbocycles. The Bertz CT molecular complexity index is 985. The zero-order valence-corrected chi connectivity index (χ0v) is 15.4. The van der Waals surface area contributed by atoms with Gasteiger partial charge in [-0.3, -0.25) is 9.59 Å². The van der Waals surface area contributed by atoms with Crippen molar-refractivity contribution in [3.8, 4) is 0 Å². The van der Waals surface area contributed by atoms with Crippen LogP contribution in [0, 0.1) is 0 Å². The smallest absolute Gasteiger partial charge is 0.464 e. The van der Waals surface area contributed by atoms with Crippen molar-refractivity contribution in [3.05, 3.63) is 65.9 Å². The monoisotopic (exact) mass is 380 g/mol. The van der Waals surface area contributed by atoms with Crippen LogP contribution in [0.4, 0.5) is 5.69 Å². The van der Waals surface area contributed by atoms with Gasteiger partial charge >= 0.3 is 7.12 Å². The van der Waals surface area contributed by atoms with Crippen molar-refractivity contribution >= 4 is 35.6 Å². The maximum atomic E-state index is 12.5. The van der Waals surface area contributed by atoms with Crippen LogP contribution in [-0.4, -0.2) is 34.9 Å². The van der Waals surface area contributed by atoms with Gasteiger partial charge in [0.25, 0.3) is 0 Å². The van der Waals surface area contributed by atoms with Gasteiger partial charge < -0.3 is 25.1 Å². The van der Waals surface area contributed by atoms with E-state index in [1.165, 1.54) is 6.92 Å². The number of hydrogen-bond donors (Lipinski definition) is 4. The highest BCUT2D eigenvalue weighted by molar-refractivity contribution is 6.43. The molecule has 0 aliphatic rings. The standard InChI is InChI=1S/C20H21BN2O5/c1-13(24)22-17-8-4-2-6-14(17)11-20(25)23-19(21(26)27)10-15-12-28-18-9-5-3-7-16(15)18/h2-9,12,19,26-27H,10-11H2,1H3,(H,22,24)(H,23,25). The predicted molar refractivity (Wildman–Crippen MR) is 106 cm³/mol. The zero-order chi connectivity index (χ0) is 20.1. The van der Waals surface area contributed by atoms with Crippen LogP contribution in [0.1, 0.15) is 18.1 Å². The highest BCUT2D eigenvalue weighted by Gasteiger charge is 2.27. The molecule has 28 heavy (non-hydrogen) atoms. The normalized spacial score (nSPS) is 11.8. The van der Waals surface area contributed by atoms with E-state index in [4.69, 9.17) is 4.42 Å². The van der Waals surface area contributed by atoms with Gasteiger partial charge in [0.05, 0.1) is 18.6 Å². The Hall–Kier alpha value is -3.10. The van der Waals surface area contributed by atoms with Crippen molar-refractivity contribution in [2.75, 3.05) is 5.32 Å². The molecule has 4 N–H and O–H groups in total. The lowest BCUT2D eigenvalue weighted by Gasteiger charge is -2.18. The molecule has 1 atom stereocenters. The van der Waals surface area contributed by atoms with E-state index in [1.54, 1.807) is 30.5 Å². The lowest BCUT2D eigenvalue weighted by molar-refractivity contribution is -0.121. The summed E-state index contributed by atoms with van der Waals surface area (Å²) in [7, 11) is -1.73. The summed E-state index contributed by atoms with van der Waals surface area (Å²) < 4.78 is 5.47. The number of hydrogen-bond acceptors (Lipinski definition) is 5. The number of para-hydroxylation sites is 2. The number of anilines is 1. The van der Waals surface area contributed by atoms with Gasteiger partial charge in [-0.2, -0.15) is 0 Å². The van der Waals surface area contributed by atoms with Gasteiger partial charge in [0, 0.05) is 18.0 Å². The molecule has 0 radical (unpaired) electrons. The molecule has 1 heterocycles. The van der Waals surface area contributed by atoms with Crippen LogP contribution in [0.25, 0.3) is 11.0 Å². The van der Waals surface area contributed by atoms with E-state index in [0.29, 0.717) is 16.8 Å². The molecular formula is C20H21BN2O5. The first-order valence-electron chi connectivity index (χ1n) is 8.90. The third-order valence-corrected chi connectivity index (χ3v) is 4.39. The first-order chi connectivity index (χ1) is 13.4. The van der Waals surface area contributed by atoms with E-state index in [2.05, 4.69) is 10.6 Å². The number of carbonyl (C=O) groups excluding carboxylic acids is 2. The van der Waals surface area contributed by atoms with Gasteiger partial charge in [-0.1, -0.05) is 36.4 Å². The van der Waals surface area contributed by atoms with Crippen LogP contribution in [0.3, 0.4) is 0 Å². The quantitative estimate of drug-likeness (QED) is 0.466. The third-order valence-electron chi connectivity index (χ3n) is 4.39. The molecule has 0 aliphatic heterocycles. The Balaban J connectivity index is 1.71. The molecule has 3 rings (SSSR count). The van der Waals surface area contributed by atoms with Gasteiger partial charge in [-0.15, -0.1) is 0 Å². The number of rotatable bonds is 7. The number of carbonyl (C=O) groups is 2. The molecule has 8 heteroatoms. The predicted octanol–water partition coefficient (Wildman–Crippen LogP) is 1.67. The molecule has 144 valence electrons. The average Bonchev–Trinajstić information content (AvgIpc) is 3.05. The first-order valence-corrected chi connectivity index (χ1v) is 8.90. The summed E-state index contributed by atoms with van der Waals surface area (Å²) >= 11 is 0. The molecular weight excluding hydrogens is 359 g/mol. The molecule has 0 spiro atoms. The summed E-state index contributed by atoms with van der Waals surface area (Å²) in [6.45, 7) is 1.39. The molecule has 1 aromatic heterocycles. The summed E-state index contributed by atoms with van der Waals surface area (Å²) in [5, 5.41) is 25.6. The second-order valence-electron chi connectivity index (χ2n) is 6.56. The van der Waals surface area contributed by atoms with E-state index in [9.17, 15) is 19.6 Å². The molecule has 0 bridgehead atoms. The molecule has 2 amide bonds. The van der Waals surface area contributed by atoms with Crippen LogP contribution in [0.15, 0.2) is 59.2 Å². The van der Waals surface area contributed by atoms with Gasteiger partial charge in [-0.25, -0.2) is 0 Å². The van der Waals surface area contributed by atoms with Crippen LogP contribution in [0.5, 0.6) is 0 Å². The Labute approximate surface area is 162 Å². The van der Waals surface area contributed by atoms with Gasteiger partial charge in [0.1, 0.15) is 5.58 Å². The Morgan fingerprint density at radius 1 is 1.07 bits per heavy atom. The van der Waals surface area contributed by atoms with Crippen molar-refractivity contribution < 1.29 is 24.1 Å². The van der Waals surface area contributed by atoms with Crippen molar-refractivity contribution in [2.24, 2.45) is 0 Å². The molecule has 0 saturated carbocycles. The minimum atomic E-state index is -1.73. The highest BCUT2D eigenvalue weighted by atomic mass is 16.4. The fraction of sp³-hybridized carbons (Fsp3) is 0.200. The number of furan rings is 1. The van der Waals surface area contributed by atoms with E-state index in [-0.39, 0.29) is 24.7 Å². The topological polar surface area (TPSA) is 112 Å². The third kappa shape index (κ3) is 4.79. The fourth-order valence-corrected chi connectivity index (χ4v) is 3.08. The van der Waals surface area contributed by atoms with Crippen molar-refractivity contribution in [1.82, 2.24) is 5.32 Å². The number of amides is 2. The molecule has 7 nitrogen and oxygen atoms in total. The zero-order valence-electron chi connectivity index (χ0n) is 15.4. The Morgan fingerprint density at radius 3 is 2.54 bits per heavy atom. The van der Waals surface area contributed by atoms with E-state index in [0.717, 1.165) is 10.9 Å². The fourth-order valence-electron chi connectivity index (χ4n) is 3.08. The van der Waals surface area contributed by atoms with Crippen LogP contribution < -0.4 is 10.6 Å². The first kappa shape index (κ1) is 19.7. The largest absolute Gasteiger partial charge is 0.475 e. The Morgan fingerprint density at radius 2 is 1.79 bits per heavy atom. The van der Waals surface area contributed by atoms with Crippen molar-refractivity contribution in [2.45, 2.75) is 25.7 Å². The highest BCUT2D eigenvalue weighted by Crippen LogP contribution is 2.22. The van der Waals surface area contributed by atoms with Crippen LogP contribution >= 0.6 is 0 Å².